The van der Waals surface area contributed by atoms with Crippen molar-refractivity contribution in [3.63, 3.8) is 0 Å². The smallest absolute Gasteiger partial charge is 0.228 e. The predicted molar refractivity (Wildman–Crippen MR) is 65.1 cm³/mol. The van der Waals surface area contributed by atoms with Gasteiger partial charge in [-0.3, -0.25) is 0 Å². The van der Waals surface area contributed by atoms with Gasteiger partial charge in [-0.15, -0.1) is 0 Å². The van der Waals surface area contributed by atoms with Gasteiger partial charge in [-0.05, 0) is 24.4 Å². The summed E-state index contributed by atoms with van der Waals surface area (Å²) >= 11 is 5.29. The maximum Gasteiger partial charge on any atom is 0.228 e. The quantitative estimate of drug-likeness (QED) is 0.720. The SMILES string of the molecule is S=c1[nH]c2ccccc2n1CCc1ncno1. The van der Waals surface area contributed by atoms with Gasteiger partial charge in [0.2, 0.25) is 5.89 Å². The molecule has 0 saturated carbocycles. The van der Waals surface area contributed by atoms with Gasteiger partial charge < -0.3 is 14.1 Å². The van der Waals surface area contributed by atoms with Crippen LogP contribution in [0.5, 0.6) is 0 Å². The summed E-state index contributed by atoms with van der Waals surface area (Å²) in [6.45, 7) is 0.727. The predicted octanol–water partition coefficient (Wildman–Crippen LogP) is 2.32. The summed E-state index contributed by atoms with van der Waals surface area (Å²) in [5, 5.41) is 3.58. The molecule has 0 amide bonds. The zero-order chi connectivity index (χ0) is 11.7. The van der Waals surface area contributed by atoms with Crippen molar-refractivity contribution in [1.82, 2.24) is 19.7 Å². The summed E-state index contributed by atoms with van der Waals surface area (Å²) in [7, 11) is 0. The molecule has 1 aromatic carbocycles. The normalized spacial score (nSPS) is 11.1. The van der Waals surface area contributed by atoms with Crippen molar-refractivity contribution < 1.29 is 4.52 Å². The zero-order valence-corrected chi connectivity index (χ0v) is 9.78. The highest BCUT2D eigenvalue weighted by atomic mass is 32.1. The van der Waals surface area contributed by atoms with Crippen LogP contribution < -0.4 is 0 Å². The molecule has 3 aromatic rings. The molecule has 5 nitrogen and oxygen atoms in total. The molecule has 17 heavy (non-hydrogen) atoms. The van der Waals surface area contributed by atoms with Crippen LogP contribution >= 0.6 is 12.2 Å². The van der Waals surface area contributed by atoms with Gasteiger partial charge >= 0.3 is 0 Å². The van der Waals surface area contributed by atoms with Gasteiger partial charge in [-0.1, -0.05) is 17.3 Å². The van der Waals surface area contributed by atoms with Crippen LogP contribution in [0.3, 0.4) is 0 Å². The lowest BCUT2D eigenvalue weighted by molar-refractivity contribution is 0.371. The van der Waals surface area contributed by atoms with Crippen LogP contribution in [0, 0.1) is 4.77 Å². The molecule has 6 heteroatoms. The molecule has 2 aromatic heterocycles. The molecule has 0 atom stereocenters. The van der Waals surface area contributed by atoms with Crippen molar-refractivity contribution in [2.45, 2.75) is 13.0 Å². The van der Waals surface area contributed by atoms with Crippen molar-refractivity contribution in [2.75, 3.05) is 0 Å². The summed E-state index contributed by atoms with van der Waals surface area (Å²) < 4.78 is 7.72. The fraction of sp³-hybridized carbons (Fsp3) is 0.182. The maximum atomic E-state index is 5.29. The van der Waals surface area contributed by atoms with Crippen molar-refractivity contribution in [1.29, 1.82) is 0 Å². The number of nitrogens with one attached hydrogen (secondary N) is 1. The van der Waals surface area contributed by atoms with Crippen LogP contribution in [0.4, 0.5) is 0 Å². The number of fused-ring (bicyclic) bond motifs is 1. The molecule has 0 radical (unpaired) electrons. The molecule has 0 saturated heterocycles. The Hall–Kier alpha value is -1.95. The third-order valence-corrected chi connectivity index (χ3v) is 2.96. The number of aromatic nitrogens is 4. The van der Waals surface area contributed by atoms with Gasteiger partial charge in [0.15, 0.2) is 11.1 Å². The third-order valence-electron chi connectivity index (χ3n) is 2.64. The second-order valence-electron chi connectivity index (χ2n) is 3.68. The summed E-state index contributed by atoms with van der Waals surface area (Å²) in [5.41, 5.74) is 2.14. The first kappa shape index (κ1) is 10.2. The minimum absolute atomic E-state index is 0.622. The molecule has 0 bridgehead atoms. The van der Waals surface area contributed by atoms with Crippen LogP contribution in [0.1, 0.15) is 5.89 Å². The van der Waals surface area contributed by atoms with E-state index in [1.54, 1.807) is 0 Å². The van der Waals surface area contributed by atoms with Gasteiger partial charge in [0, 0.05) is 13.0 Å². The Morgan fingerprint density at radius 3 is 3.06 bits per heavy atom. The van der Waals surface area contributed by atoms with Gasteiger partial charge in [-0.25, -0.2) is 0 Å². The summed E-state index contributed by atoms with van der Waals surface area (Å²) in [5.74, 6) is 0.622. The number of aromatic amines is 1. The maximum absolute atomic E-state index is 5.29. The molecule has 0 aliphatic rings. The van der Waals surface area contributed by atoms with E-state index >= 15 is 0 Å². The molecule has 0 aliphatic carbocycles. The molecule has 0 spiro atoms. The number of aryl methyl sites for hydroxylation is 2. The van der Waals surface area contributed by atoms with E-state index in [9.17, 15) is 0 Å². The van der Waals surface area contributed by atoms with E-state index in [1.165, 1.54) is 6.33 Å². The molecule has 86 valence electrons. The number of benzene rings is 1. The standard InChI is InChI=1S/C11H10N4OS/c17-11-14-8-3-1-2-4-9(8)15(11)6-5-10-12-7-13-16-10/h1-4,7H,5-6H2,(H,14,17). The van der Waals surface area contributed by atoms with Crippen molar-refractivity contribution in [3.05, 3.63) is 41.3 Å². The Bertz CT molecular complexity index is 683. The zero-order valence-electron chi connectivity index (χ0n) is 8.96. The number of H-pyrrole nitrogens is 1. The minimum atomic E-state index is 0.622. The van der Waals surface area contributed by atoms with E-state index in [4.69, 9.17) is 16.7 Å². The average molecular weight is 246 g/mol. The number of nitrogens with zero attached hydrogens (tertiary/aromatic N) is 3. The topological polar surface area (TPSA) is 59.6 Å². The fourth-order valence-electron chi connectivity index (χ4n) is 1.84. The van der Waals surface area contributed by atoms with Crippen molar-refractivity contribution in [3.8, 4) is 0 Å². The lowest BCUT2D eigenvalue weighted by atomic mass is 10.3. The number of rotatable bonds is 3. The molecular formula is C11H10N4OS. The lowest BCUT2D eigenvalue weighted by Gasteiger charge is -2.01. The van der Waals surface area contributed by atoms with Crippen LogP contribution in [0.25, 0.3) is 11.0 Å². The van der Waals surface area contributed by atoms with Crippen LogP contribution in [-0.4, -0.2) is 19.7 Å². The van der Waals surface area contributed by atoms with Crippen LogP contribution in [-0.2, 0) is 13.0 Å². The Labute approximate surface area is 102 Å². The molecule has 0 unspecified atom stereocenters. The fourth-order valence-corrected chi connectivity index (χ4v) is 2.14. The highest BCUT2D eigenvalue weighted by molar-refractivity contribution is 7.71. The lowest BCUT2D eigenvalue weighted by Crippen LogP contribution is -2.01. The number of hydrogen-bond acceptors (Lipinski definition) is 4. The Morgan fingerprint density at radius 1 is 1.35 bits per heavy atom. The highest BCUT2D eigenvalue weighted by Gasteiger charge is 2.05. The van der Waals surface area contributed by atoms with E-state index in [-0.39, 0.29) is 0 Å². The molecule has 0 fully saturated rings. The van der Waals surface area contributed by atoms with E-state index in [0.29, 0.717) is 17.1 Å². The van der Waals surface area contributed by atoms with Gasteiger partial charge in [0.1, 0.15) is 0 Å². The van der Waals surface area contributed by atoms with Gasteiger partial charge in [0.25, 0.3) is 0 Å². The summed E-state index contributed by atoms with van der Waals surface area (Å²) in [4.78, 5) is 7.16. The van der Waals surface area contributed by atoms with Crippen molar-refractivity contribution in [2.24, 2.45) is 0 Å². The number of para-hydroxylation sites is 2. The van der Waals surface area contributed by atoms with E-state index < -0.39 is 0 Å². The first-order valence-electron chi connectivity index (χ1n) is 5.28. The second kappa shape index (κ2) is 4.14. The van der Waals surface area contributed by atoms with Crippen LogP contribution in [0.15, 0.2) is 35.1 Å². The summed E-state index contributed by atoms with van der Waals surface area (Å²) in [6, 6.07) is 8.02. The van der Waals surface area contributed by atoms with Crippen LogP contribution in [0.2, 0.25) is 0 Å². The molecule has 0 aliphatic heterocycles. The first-order valence-corrected chi connectivity index (χ1v) is 5.68. The number of imidazole rings is 1. The van der Waals surface area contributed by atoms with Gasteiger partial charge in [-0.2, -0.15) is 4.98 Å². The van der Waals surface area contributed by atoms with Gasteiger partial charge in [0.05, 0.1) is 11.0 Å². The van der Waals surface area contributed by atoms with E-state index in [1.807, 2.05) is 28.8 Å². The molecule has 3 rings (SSSR count). The number of hydrogen-bond donors (Lipinski definition) is 1. The van der Waals surface area contributed by atoms with Crippen molar-refractivity contribution >= 4 is 23.3 Å². The monoisotopic (exact) mass is 246 g/mol. The Morgan fingerprint density at radius 2 is 2.24 bits per heavy atom. The first-order chi connectivity index (χ1) is 8.34. The largest absolute Gasteiger partial charge is 0.340 e. The Kier molecular flexibility index (Phi) is 2.49. The minimum Gasteiger partial charge on any atom is -0.340 e. The summed E-state index contributed by atoms with van der Waals surface area (Å²) in [6.07, 6.45) is 2.08. The average Bonchev–Trinajstić information content (AvgIpc) is 2.93. The van der Waals surface area contributed by atoms with E-state index in [0.717, 1.165) is 17.6 Å². The Balaban J connectivity index is 1.94. The molecular weight excluding hydrogens is 236 g/mol. The highest BCUT2D eigenvalue weighted by Crippen LogP contribution is 2.13. The second-order valence-corrected chi connectivity index (χ2v) is 4.07. The van der Waals surface area contributed by atoms with E-state index in [2.05, 4.69) is 15.1 Å². The molecule has 1 N–H and O–H groups in total. The molecule has 2 heterocycles. The third kappa shape index (κ3) is 1.87.